The van der Waals surface area contributed by atoms with Crippen LogP contribution in [0.1, 0.15) is 44.4 Å². The third kappa shape index (κ3) is 6.41. The summed E-state index contributed by atoms with van der Waals surface area (Å²) in [6.07, 6.45) is 3.33. The van der Waals surface area contributed by atoms with Gasteiger partial charge in [-0.3, -0.25) is 9.69 Å². The Kier molecular flexibility index (Phi) is 8.20. The highest BCUT2D eigenvalue weighted by molar-refractivity contribution is 6.74. The summed E-state index contributed by atoms with van der Waals surface area (Å²) in [5.41, 5.74) is 4.25. The van der Waals surface area contributed by atoms with Crippen LogP contribution in [-0.4, -0.2) is 66.5 Å². The van der Waals surface area contributed by atoms with E-state index >= 15 is 0 Å². The summed E-state index contributed by atoms with van der Waals surface area (Å²) in [6, 6.07) is 9.71. The van der Waals surface area contributed by atoms with Crippen molar-refractivity contribution in [3.63, 3.8) is 0 Å². The summed E-state index contributed by atoms with van der Waals surface area (Å²) in [6.45, 7) is 16.4. The van der Waals surface area contributed by atoms with Gasteiger partial charge in [-0.25, -0.2) is 18.7 Å². The van der Waals surface area contributed by atoms with Gasteiger partial charge in [-0.1, -0.05) is 27.7 Å². The molecule has 0 amide bonds. The van der Waals surface area contributed by atoms with Gasteiger partial charge in [0.2, 0.25) is 5.95 Å². The van der Waals surface area contributed by atoms with Crippen molar-refractivity contribution >= 4 is 25.6 Å². The number of fused-ring (bicyclic) bond motifs is 1. The summed E-state index contributed by atoms with van der Waals surface area (Å²) >= 11 is 0. The number of nitriles is 1. The van der Waals surface area contributed by atoms with Crippen molar-refractivity contribution in [2.24, 2.45) is 0 Å². The van der Waals surface area contributed by atoms with Crippen LogP contribution >= 0.6 is 0 Å². The molecule has 0 radical (unpaired) electrons. The van der Waals surface area contributed by atoms with Gasteiger partial charge in [0.15, 0.2) is 8.32 Å². The van der Waals surface area contributed by atoms with Crippen LogP contribution in [0.3, 0.4) is 0 Å². The first-order chi connectivity index (χ1) is 20.5. The summed E-state index contributed by atoms with van der Waals surface area (Å²) < 4.78 is 34.6. The fraction of sp³-hybridized carbons (Fsp3) is 0.500. The lowest BCUT2D eigenvalue weighted by Crippen LogP contribution is -2.56. The maximum atomic E-state index is 13.2. The molecular formula is C32H41F2N7O2Si. The van der Waals surface area contributed by atoms with E-state index in [2.05, 4.69) is 68.5 Å². The zero-order chi connectivity index (χ0) is 32.1. The third-order valence-electron chi connectivity index (χ3n) is 9.11. The minimum Gasteiger partial charge on any atom is -0.416 e. The van der Waals surface area contributed by atoms with Crippen LogP contribution in [0.5, 0.6) is 0 Å². The Morgan fingerprint density at radius 1 is 1.20 bits per heavy atom. The van der Waals surface area contributed by atoms with Gasteiger partial charge in [-0.2, -0.15) is 5.26 Å². The summed E-state index contributed by atoms with van der Waals surface area (Å²) in [4.78, 5) is 23.9. The molecule has 44 heavy (non-hydrogen) atoms. The van der Waals surface area contributed by atoms with Crippen molar-refractivity contribution in [3.05, 3.63) is 63.7 Å². The number of benzene rings is 1. The Labute approximate surface area is 258 Å². The van der Waals surface area contributed by atoms with Gasteiger partial charge in [-0.05, 0) is 60.4 Å². The van der Waals surface area contributed by atoms with E-state index < -0.39 is 14.2 Å². The van der Waals surface area contributed by atoms with Crippen LogP contribution in [0.2, 0.25) is 18.1 Å². The number of anilines is 3. The predicted octanol–water partition coefficient (Wildman–Crippen LogP) is 5.88. The summed E-state index contributed by atoms with van der Waals surface area (Å²) in [5.74, 6) is -2.41. The normalized spacial score (nSPS) is 19.5. The minimum absolute atomic E-state index is 0.0784. The molecule has 0 unspecified atom stereocenters. The van der Waals surface area contributed by atoms with E-state index in [0.29, 0.717) is 43.2 Å². The number of rotatable bonds is 9. The highest BCUT2D eigenvalue weighted by Gasteiger charge is 2.44. The zero-order valence-corrected chi connectivity index (χ0v) is 27.5. The molecule has 2 N–H and O–H groups in total. The first-order valence-corrected chi connectivity index (χ1v) is 17.8. The van der Waals surface area contributed by atoms with E-state index in [9.17, 15) is 18.8 Å². The van der Waals surface area contributed by atoms with Crippen LogP contribution in [-0.2, 0) is 16.4 Å². The molecule has 3 aromatic rings. The highest BCUT2D eigenvalue weighted by Crippen LogP contribution is 2.44. The molecule has 9 nitrogen and oxygen atoms in total. The van der Waals surface area contributed by atoms with E-state index in [4.69, 9.17) is 9.41 Å². The number of halogens is 2. The number of hydrogen-bond donors (Lipinski definition) is 2. The molecule has 4 heterocycles. The van der Waals surface area contributed by atoms with Gasteiger partial charge in [0.1, 0.15) is 11.8 Å². The molecule has 1 atom stereocenters. The van der Waals surface area contributed by atoms with E-state index in [1.165, 1.54) is 4.57 Å². The van der Waals surface area contributed by atoms with Gasteiger partial charge in [0, 0.05) is 49.6 Å². The van der Waals surface area contributed by atoms with Gasteiger partial charge >= 0.3 is 0 Å². The van der Waals surface area contributed by atoms with E-state index in [0.717, 1.165) is 22.4 Å². The number of nitrogens with zero attached hydrogens (tertiary/aromatic N) is 5. The second-order valence-electron chi connectivity index (χ2n) is 13.9. The number of aromatic nitrogens is 3. The molecule has 2 aliphatic rings. The molecule has 1 aromatic carbocycles. The lowest BCUT2D eigenvalue weighted by atomic mass is 9.83. The Morgan fingerprint density at radius 2 is 1.93 bits per heavy atom. The number of pyridine rings is 1. The van der Waals surface area contributed by atoms with Crippen LogP contribution in [0.25, 0.3) is 11.3 Å². The lowest BCUT2D eigenvalue weighted by molar-refractivity contribution is -0.131. The van der Waals surface area contributed by atoms with Crippen molar-refractivity contribution in [3.8, 4) is 17.3 Å². The summed E-state index contributed by atoms with van der Waals surface area (Å²) in [5, 5.41) is 16.6. The molecule has 234 valence electrons. The highest BCUT2D eigenvalue weighted by atomic mass is 28.4. The number of alkyl halides is 2. The lowest BCUT2D eigenvalue weighted by Gasteiger charge is -2.39. The molecular weight excluding hydrogens is 580 g/mol. The van der Waals surface area contributed by atoms with Crippen LogP contribution < -0.4 is 16.2 Å². The standard InChI is InChI=1S/C32H41F2N7O2Si/c1-21-12-26(28(42)41(16-21)11-10-40-18-32(33,34)19-40)39-29-36-9-8-25(38-29)22-13-23(15-35)27-24(14-22)31(5,17-37-27)20-43-44(6,7)30(2,3)4/h8-9,12-14,16,37H,10-11,17-20H2,1-7H3,(H,36,38,39)/t31-/m1/s1. The molecule has 1 saturated heterocycles. The zero-order valence-electron chi connectivity index (χ0n) is 26.5. The quantitative estimate of drug-likeness (QED) is 0.285. The number of likely N-dealkylation sites (tertiary alicyclic amines) is 1. The fourth-order valence-corrected chi connectivity index (χ4v) is 6.48. The van der Waals surface area contributed by atoms with Crippen molar-refractivity contribution in [1.82, 2.24) is 19.4 Å². The topological polar surface area (TPSA) is 108 Å². The number of nitrogens with one attached hydrogen (secondary N) is 2. The Hall–Kier alpha value is -3.66. The molecule has 0 saturated carbocycles. The maximum Gasteiger partial charge on any atom is 0.274 e. The molecule has 5 rings (SSSR count). The number of hydrogen-bond acceptors (Lipinski definition) is 8. The van der Waals surface area contributed by atoms with Crippen LogP contribution in [0.15, 0.2) is 41.5 Å². The molecule has 0 spiro atoms. The monoisotopic (exact) mass is 621 g/mol. The second kappa shape index (κ2) is 11.4. The van der Waals surface area contributed by atoms with Gasteiger partial charge in [0.05, 0.1) is 30.0 Å². The smallest absolute Gasteiger partial charge is 0.274 e. The maximum absolute atomic E-state index is 13.2. The SMILES string of the molecule is Cc1cc(Nc2nccc(-c3cc(C#N)c4c(c3)[C@@](C)(CO[Si](C)(C)C(C)(C)C)CN4)n2)c(=O)n(CCN2CC(F)(F)C2)c1. The molecule has 0 bridgehead atoms. The molecule has 0 aliphatic carbocycles. The van der Waals surface area contributed by atoms with E-state index in [1.54, 1.807) is 29.4 Å². The fourth-order valence-electron chi connectivity index (χ4n) is 5.37. The summed E-state index contributed by atoms with van der Waals surface area (Å²) in [7, 11) is -2.00. The van der Waals surface area contributed by atoms with Gasteiger partial charge in [-0.15, -0.1) is 0 Å². The second-order valence-corrected chi connectivity index (χ2v) is 18.7. The first-order valence-electron chi connectivity index (χ1n) is 14.9. The van der Waals surface area contributed by atoms with Crippen molar-refractivity contribution in [1.29, 1.82) is 5.26 Å². The Balaban J connectivity index is 1.40. The van der Waals surface area contributed by atoms with Gasteiger partial charge in [0.25, 0.3) is 11.5 Å². The number of aryl methyl sites for hydroxylation is 1. The van der Waals surface area contributed by atoms with E-state index in [1.807, 2.05) is 13.0 Å². The van der Waals surface area contributed by atoms with Crippen molar-refractivity contribution in [2.75, 3.05) is 43.4 Å². The Bertz CT molecular complexity index is 1670. The molecule has 2 aliphatic heterocycles. The van der Waals surface area contributed by atoms with Gasteiger partial charge < -0.3 is 19.6 Å². The van der Waals surface area contributed by atoms with Crippen LogP contribution in [0.4, 0.5) is 26.1 Å². The van der Waals surface area contributed by atoms with Crippen molar-refractivity contribution in [2.45, 2.75) is 70.6 Å². The predicted molar refractivity (Wildman–Crippen MR) is 171 cm³/mol. The molecule has 2 aromatic heterocycles. The van der Waals surface area contributed by atoms with E-state index in [-0.39, 0.29) is 35.1 Å². The van der Waals surface area contributed by atoms with Crippen molar-refractivity contribution < 1.29 is 13.2 Å². The average Bonchev–Trinajstić information content (AvgIpc) is 3.27. The van der Waals surface area contributed by atoms with Crippen LogP contribution in [0, 0.1) is 18.3 Å². The minimum atomic E-state index is -2.65. The first kappa shape index (κ1) is 31.8. The molecule has 1 fully saturated rings. The average molecular weight is 622 g/mol. The third-order valence-corrected chi connectivity index (χ3v) is 13.6. The largest absolute Gasteiger partial charge is 0.416 e. The Morgan fingerprint density at radius 3 is 2.59 bits per heavy atom. The molecule has 12 heteroatoms.